The highest BCUT2D eigenvalue weighted by molar-refractivity contribution is 5.83. The molecule has 1 amide bonds. The average molecular weight is 228 g/mol. The van der Waals surface area contributed by atoms with E-state index in [0.717, 1.165) is 32.1 Å². The van der Waals surface area contributed by atoms with Crippen molar-refractivity contribution in [2.75, 3.05) is 6.54 Å². The summed E-state index contributed by atoms with van der Waals surface area (Å²) in [5.74, 6) is -0.00680. The minimum Gasteiger partial charge on any atom is -0.391 e. The van der Waals surface area contributed by atoms with Gasteiger partial charge in [0.05, 0.1) is 11.5 Å². The van der Waals surface area contributed by atoms with Crippen molar-refractivity contribution in [3.05, 3.63) is 0 Å². The Kier molecular flexibility index (Phi) is 4.74. The van der Waals surface area contributed by atoms with Crippen LogP contribution in [0.25, 0.3) is 0 Å². The molecule has 1 rings (SSSR count). The number of amides is 1. The van der Waals surface area contributed by atoms with Gasteiger partial charge in [0.2, 0.25) is 5.91 Å². The second-order valence-electron chi connectivity index (χ2n) is 5.07. The number of nitrogens with two attached hydrogens (primary N) is 1. The van der Waals surface area contributed by atoms with E-state index in [1.54, 1.807) is 0 Å². The zero-order valence-corrected chi connectivity index (χ0v) is 10.3. The molecule has 1 fully saturated rings. The second kappa shape index (κ2) is 5.64. The summed E-state index contributed by atoms with van der Waals surface area (Å²) >= 11 is 0. The van der Waals surface area contributed by atoms with Gasteiger partial charge in [-0.2, -0.15) is 0 Å². The molecular formula is C12H24N2O2. The summed E-state index contributed by atoms with van der Waals surface area (Å²) in [5.41, 5.74) is 5.52. The average Bonchev–Trinajstić information content (AvgIpc) is 2.57. The molecule has 0 aliphatic heterocycles. The van der Waals surface area contributed by atoms with Crippen LogP contribution in [0.5, 0.6) is 0 Å². The van der Waals surface area contributed by atoms with Gasteiger partial charge in [-0.25, -0.2) is 0 Å². The molecular weight excluding hydrogens is 204 g/mol. The first-order chi connectivity index (χ1) is 7.50. The summed E-state index contributed by atoms with van der Waals surface area (Å²) in [6.07, 6.45) is 4.00. The van der Waals surface area contributed by atoms with Crippen LogP contribution in [0, 0.1) is 5.41 Å². The first-order valence-electron chi connectivity index (χ1n) is 6.22. The lowest BCUT2D eigenvalue weighted by atomic mass is 9.84. The third-order valence-electron chi connectivity index (χ3n) is 3.67. The Morgan fingerprint density at radius 1 is 1.69 bits per heavy atom. The third-order valence-corrected chi connectivity index (χ3v) is 3.67. The summed E-state index contributed by atoms with van der Waals surface area (Å²) in [5, 5.41) is 12.4. The molecule has 3 unspecified atom stereocenters. The fourth-order valence-electron chi connectivity index (χ4n) is 2.32. The predicted octanol–water partition coefficient (Wildman–Crippen LogP) is 0.781. The van der Waals surface area contributed by atoms with E-state index in [1.807, 2.05) is 13.8 Å². The fraction of sp³-hybridized carbons (Fsp3) is 0.917. The van der Waals surface area contributed by atoms with Gasteiger partial charge < -0.3 is 16.2 Å². The number of hydrogen-bond acceptors (Lipinski definition) is 3. The Morgan fingerprint density at radius 2 is 2.38 bits per heavy atom. The predicted molar refractivity (Wildman–Crippen MR) is 63.9 cm³/mol. The van der Waals surface area contributed by atoms with Crippen LogP contribution in [0.2, 0.25) is 0 Å². The summed E-state index contributed by atoms with van der Waals surface area (Å²) in [6, 6.07) is -0.0455. The Labute approximate surface area is 97.6 Å². The molecule has 0 aromatic rings. The van der Waals surface area contributed by atoms with E-state index in [4.69, 9.17) is 5.73 Å². The van der Waals surface area contributed by atoms with Gasteiger partial charge in [0.25, 0.3) is 0 Å². The molecule has 1 saturated carbocycles. The van der Waals surface area contributed by atoms with Crippen LogP contribution in [0.1, 0.15) is 46.0 Å². The molecule has 0 spiro atoms. The molecule has 4 nitrogen and oxygen atoms in total. The molecule has 4 heteroatoms. The van der Waals surface area contributed by atoms with Gasteiger partial charge in [0, 0.05) is 12.6 Å². The fourth-order valence-corrected chi connectivity index (χ4v) is 2.32. The van der Waals surface area contributed by atoms with Crippen LogP contribution in [0.15, 0.2) is 0 Å². The SMILES string of the molecule is CCCC(O)CNC(=O)C1(C)CCCC1N. The third kappa shape index (κ3) is 2.95. The van der Waals surface area contributed by atoms with Crippen LogP contribution < -0.4 is 11.1 Å². The molecule has 3 atom stereocenters. The van der Waals surface area contributed by atoms with Crippen LogP contribution in [-0.2, 0) is 4.79 Å². The molecule has 94 valence electrons. The van der Waals surface area contributed by atoms with Gasteiger partial charge in [-0.3, -0.25) is 4.79 Å². The highest BCUT2D eigenvalue weighted by Crippen LogP contribution is 2.36. The zero-order valence-electron chi connectivity index (χ0n) is 10.3. The number of carbonyl (C=O) groups excluding carboxylic acids is 1. The molecule has 1 aliphatic carbocycles. The summed E-state index contributed by atoms with van der Waals surface area (Å²) in [6.45, 7) is 4.28. The molecule has 4 N–H and O–H groups in total. The number of aliphatic hydroxyl groups is 1. The number of nitrogens with one attached hydrogen (secondary N) is 1. The van der Waals surface area contributed by atoms with Gasteiger partial charge in [0.1, 0.15) is 0 Å². The topological polar surface area (TPSA) is 75.3 Å². The van der Waals surface area contributed by atoms with E-state index >= 15 is 0 Å². The molecule has 0 heterocycles. The monoisotopic (exact) mass is 228 g/mol. The van der Waals surface area contributed by atoms with E-state index in [2.05, 4.69) is 5.32 Å². The van der Waals surface area contributed by atoms with E-state index < -0.39 is 11.5 Å². The van der Waals surface area contributed by atoms with Crippen molar-refractivity contribution in [1.82, 2.24) is 5.32 Å². The van der Waals surface area contributed by atoms with Gasteiger partial charge in [0.15, 0.2) is 0 Å². The Morgan fingerprint density at radius 3 is 2.88 bits per heavy atom. The lowest BCUT2D eigenvalue weighted by Crippen LogP contribution is -2.48. The highest BCUT2D eigenvalue weighted by atomic mass is 16.3. The minimum atomic E-state index is -0.439. The number of carbonyl (C=O) groups is 1. The maximum Gasteiger partial charge on any atom is 0.227 e. The summed E-state index contributed by atoms with van der Waals surface area (Å²) < 4.78 is 0. The van der Waals surface area contributed by atoms with Gasteiger partial charge in [-0.15, -0.1) is 0 Å². The molecule has 0 bridgehead atoms. The number of hydrogen-bond donors (Lipinski definition) is 3. The quantitative estimate of drug-likeness (QED) is 0.651. The molecule has 16 heavy (non-hydrogen) atoms. The van der Waals surface area contributed by atoms with E-state index in [9.17, 15) is 9.90 Å². The largest absolute Gasteiger partial charge is 0.391 e. The van der Waals surface area contributed by atoms with Crippen molar-refractivity contribution in [2.24, 2.45) is 11.1 Å². The first kappa shape index (κ1) is 13.5. The number of aliphatic hydroxyl groups excluding tert-OH is 1. The van der Waals surface area contributed by atoms with E-state index in [-0.39, 0.29) is 11.9 Å². The van der Waals surface area contributed by atoms with E-state index in [1.165, 1.54) is 0 Å². The zero-order chi connectivity index (χ0) is 12.2. The normalized spacial score (nSPS) is 31.4. The molecule has 0 radical (unpaired) electrons. The molecule has 0 saturated heterocycles. The van der Waals surface area contributed by atoms with Crippen molar-refractivity contribution in [2.45, 2.75) is 58.1 Å². The van der Waals surface area contributed by atoms with Gasteiger partial charge in [-0.05, 0) is 26.2 Å². The highest BCUT2D eigenvalue weighted by Gasteiger charge is 2.42. The Balaban J connectivity index is 2.40. The van der Waals surface area contributed by atoms with Crippen molar-refractivity contribution in [3.8, 4) is 0 Å². The maximum absolute atomic E-state index is 12.0. The van der Waals surface area contributed by atoms with Crippen molar-refractivity contribution >= 4 is 5.91 Å². The number of rotatable bonds is 5. The van der Waals surface area contributed by atoms with Crippen molar-refractivity contribution < 1.29 is 9.90 Å². The first-order valence-corrected chi connectivity index (χ1v) is 6.22. The van der Waals surface area contributed by atoms with Crippen molar-refractivity contribution in [3.63, 3.8) is 0 Å². The van der Waals surface area contributed by atoms with Gasteiger partial charge >= 0.3 is 0 Å². The maximum atomic E-state index is 12.0. The Hall–Kier alpha value is -0.610. The lowest BCUT2D eigenvalue weighted by molar-refractivity contribution is -0.131. The smallest absolute Gasteiger partial charge is 0.227 e. The molecule has 1 aliphatic rings. The van der Waals surface area contributed by atoms with Crippen molar-refractivity contribution in [1.29, 1.82) is 0 Å². The second-order valence-corrected chi connectivity index (χ2v) is 5.07. The van der Waals surface area contributed by atoms with Crippen LogP contribution in [0.4, 0.5) is 0 Å². The summed E-state index contributed by atoms with van der Waals surface area (Å²) in [4.78, 5) is 12.0. The van der Waals surface area contributed by atoms with E-state index in [0.29, 0.717) is 6.54 Å². The molecule has 0 aromatic heterocycles. The summed E-state index contributed by atoms with van der Waals surface area (Å²) in [7, 11) is 0. The van der Waals surface area contributed by atoms with Crippen LogP contribution in [-0.4, -0.2) is 29.7 Å². The minimum absolute atomic E-state index is 0.00680. The van der Waals surface area contributed by atoms with Gasteiger partial charge in [-0.1, -0.05) is 19.8 Å². The molecule has 0 aromatic carbocycles. The standard InChI is InChI=1S/C12H24N2O2/c1-3-5-9(15)8-14-11(16)12(2)7-4-6-10(12)13/h9-10,15H,3-8,13H2,1-2H3,(H,14,16). The van der Waals surface area contributed by atoms with Crippen LogP contribution in [0.3, 0.4) is 0 Å². The Bertz CT molecular complexity index is 245. The van der Waals surface area contributed by atoms with Crippen LogP contribution >= 0.6 is 0 Å². The lowest BCUT2D eigenvalue weighted by Gasteiger charge is -2.28.